The van der Waals surface area contributed by atoms with Crippen LogP contribution in [0.2, 0.25) is 0 Å². The fourth-order valence-corrected chi connectivity index (χ4v) is 2.35. The van der Waals surface area contributed by atoms with Crippen molar-refractivity contribution in [3.63, 3.8) is 0 Å². The van der Waals surface area contributed by atoms with Crippen molar-refractivity contribution in [1.29, 1.82) is 0 Å². The van der Waals surface area contributed by atoms with Crippen LogP contribution in [0.1, 0.15) is 34.1 Å². The average Bonchev–Trinajstić information content (AvgIpc) is 2.47. The molecule has 2 unspecified atom stereocenters. The van der Waals surface area contributed by atoms with Crippen molar-refractivity contribution in [3.8, 4) is 0 Å². The van der Waals surface area contributed by atoms with Crippen LogP contribution in [-0.4, -0.2) is 36.6 Å². The second-order valence-corrected chi connectivity index (χ2v) is 4.82. The van der Waals surface area contributed by atoms with Gasteiger partial charge < -0.3 is 5.32 Å². The molecule has 0 radical (unpaired) electrons. The number of hydrogen-bond donors (Lipinski definition) is 1. The Morgan fingerprint density at radius 3 is 2.15 bits per heavy atom. The summed E-state index contributed by atoms with van der Waals surface area (Å²) in [6.07, 6.45) is 1.31. The van der Waals surface area contributed by atoms with Gasteiger partial charge in [-0.2, -0.15) is 0 Å². The summed E-state index contributed by atoms with van der Waals surface area (Å²) in [5, 5.41) is 3.39. The van der Waals surface area contributed by atoms with Crippen molar-refractivity contribution in [2.75, 3.05) is 13.6 Å². The summed E-state index contributed by atoms with van der Waals surface area (Å²) in [6, 6.07) is 2.16. The highest BCUT2D eigenvalue weighted by Gasteiger charge is 2.34. The number of likely N-dealkylation sites (N-methyl/N-ethyl adjacent to an activating group) is 1. The van der Waals surface area contributed by atoms with Crippen LogP contribution in [0.4, 0.5) is 0 Å². The third-order valence-corrected chi connectivity index (χ3v) is 3.22. The predicted molar refractivity (Wildman–Crippen MR) is 57.9 cm³/mol. The lowest BCUT2D eigenvalue weighted by Gasteiger charge is -2.30. The fourth-order valence-electron chi connectivity index (χ4n) is 2.35. The van der Waals surface area contributed by atoms with Gasteiger partial charge in [-0.05, 0) is 33.2 Å². The molecular weight excluding hydrogens is 160 g/mol. The maximum absolute atomic E-state index is 3.39. The van der Waals surface area contributed by atoms with Crippen LogP contribution >= 0.6 is 0 Å². The number of rotatable bonds is 3. The Kier molecular flexibility index (Phi) is 3.74. The lowest BCUT2D eigenvalue weighted by Crippen LogP contribution is -2.39. The van der Waals surface area contributed by atoms with E-state index in [-0.39, 0.29) is 0 Å². The first kappa shape index (κ1) is 11.0. The molecule has 1 saturated heterocycles. The lowest BCUT2D eigenvalue weighted by molar-refractivity contribution is 0.165. The number of likely N-dealkylation sites (tertiary alicyclic amines) is 1. The van der Waals surface area contributed by atoms with Gasteiger partial charge in [-0.15, -0.1) is 0 Å². The van der Waals surface area contributed by atoms with Crippen molar-refractivity contribution in [1.82, 2.24) is 10.2 Å². The first-order chi connectivity index (χ1) is 6.06. The Morgan fingerprint density at radius 1 is 1.23 bits per heavy atom. The molecule has 13 heavy (non-hydrogen) atoms. The average molecular weight is 184 g/mol. The van der Waals surface area contributed by atoms with Crippen molar-refractivity contribution < 1.29 is 0 Å². The minimum absolute atomic E-state index is 0.686. The van der Waals surface area contributed by atoms with Crippen molar-refractivity contribution >= 4 is 0 Å². The molecule has 78 valence electrons. The van der Waals surface area contributed by atoms with Gasteiger partial charge in [0.25, 0.3) is 0 Å². The van der Waals surface area contributed by atoms with E-state index in [1.54, 1.807) is 0 Å². The van der Waals surface area contributed by atoms with E-state index in [4.69, 9.17) is 0 Å². The molecule has 2 heteroatoms. The predicted octanol–water partition coefficient (Wildman–Crippen LogP) is 1.71. The molecule has 1 aliphatic rings. The molecule has 2 nitrogen and oxygen atoms in total. The summed E-state index contributed by atoms with van der Waals surface area (Å²) in [4.78, 5) is 2.63. The van der Waals surface area contributed by atoms with E-state index in [0.29, 0.717) is 12.1 Å². The van der Waals surface area contributed by atoms with Crippen molar-refractivity contribution in [3.05, 3.63) is 0 Å². The van der Waals surface area contributed by atoms with E-state index in [1.165, 1.54) is 13.0 Å². The summed E-state index contributed by atoms with van der Waals surface area (Å²) in [5.41, 5.74) is 0. The molecule has 1 heterocycles. The van der Waals surface area contributed by atoms with E-state index < -0.39 is 0 Å². The standard InChI is InChI=1S/C11H24N2/c1-8(2)11-6-10(12-5)7-13(11)9(3)4/h8-12H,6-7H2,1-5H3. The number of nitrogens with one attached hydrogen (secondary N) is 1. The van der Waals surface area contributed by atoms with E-state index >= 15 is 0 Å². The zero-order valence-electron chi connectivity index (χ0n) is 9.67. The molecule has 0 aromatic heterocycles. The van der Waals surface area contributed by atoms with E-state index in [2.05, 4.69) is 45.0 Å². The van der Waals surface area contributed by atoms with Crippen LogP contribution in [0.15, 0.2) is 0 Å². The van der Waals surface area contributed by atoms with Gasteiger partial charge in [-0.25, -0.2) is 0 Å². The molecule has 0 bridgehead atoms. The quantitative estimate of drug-likeness (QED) is 0.718. The topological polar surface area (TPSA) is 15.3 Å². The first-order valence-electron chi connectivity index (χ1n) is 5.49. The maximum Gasteiger partial charge on any atom is 0.0207 e. The van der Waals surface area contributed by atoms with Gasteiger partial charge in [0.05, 0.1) is 0 Å². The summed E-state index contributed by atoms with van der Waals surface area (Å²) in [5.74, 6) is 0.778. The number of hydrogen-bond acceptors (Lipinski definition) is 2. The lowest BCUT2D eigenvalue weighted by atomic mass is 10.00. The summed E-state index contributed by atoms with van der Waals surface area (Å²) in [6.45, 7) is 10.5. The molecule has 1 rings (SSSR count). The molecule has 1 aliphatic heterocycles. The molecule has 1 fully saturated rings. The third kappa shape index (κ3) is 2.44. The highest BCUT2D eigenvalue weighted by Crippen LogP contribution is 2.25. The molecule has 0 saturated carbocycles. The Bertz CT molecular complexity index is 138. The van der Waals surface area contributed by atoms with E-state index in [0.717, 1.165) is 12.0 Å². The molecule has 0 aromatic rings. The van der Waals surface area contributed by atoms with Gasteiger partial charge in [0.1, 0.15) is 0 Å². The van der Waals surface area contributed by atoms with E-state index in [1.807, 2.05) is 0 Å². The highest BCUT2D eigenvalue weighted by molar-refractivity contribution is 4.91. The highest BCUT2D eigenvalue weighted by atomic mass is 15.2. The zero-order valence-corrected chi connectivity index (χ0v) is 9.67. The molecule has 0 amide bonds. The zero-order chi connectivity index (χ0) is 10.0. The second-order valence-electron chi connectivity index (χ2n) is 4.82. The van der Waals surface area contributed by atoms with Gasteiger partial charge in [-0.3, -0.25) is 4.90 Å². The SMILES string of the molecule is CNC1CC(C(C)C)N(C(C)C)C1. The van der Waals surface area contributed by atoms with Crippen LogP contribution < -0.4 is 5.32 Å². The summed E-state index contributed by atoms with van der Waals surface area (Å²) >= 11 is 0. The fraction of sp³-hybridized carbons (Fsp3) is 1.00. The van der Waals surface area contributed by atoms with Crippen molar-refractivity contribution in [2.24, 2.45) is 5.92 Å². The molecule has 2 atom stereocenters. The first-order valence-corrected chi connectivity index (χ1v) is 5.49. The molecule has 0 spiro atoms. The Morgan fingerprint density at radius 2 is 1.85 bits per heavy atom. The molecule has 0 aromatic carbocycles. The van der Waals surface area contributed by atoms with E-state index in [9.17, 15) is 0 Å². The molecule has 0 aliphatic carbocycles. The minimum atomic E-state index is 0.686. The van der Waals surface area contributed by atoms with Gasteiger partial charge in [-0.1, -0.05) is 13.8 Å². The minimum Gasteiger partial charge on any atom is -0.316 e. The van der Waals surface area contributed by atoms with Crippen LogP contribution in [0.3, 0.4) is 0 Å². The van der Waals surface area contributed by atoms with Gasteiger partial charge in [0.2, 0.25) is 0 Å². The number of nitrogens with zero attached hydrogens (tertiary/aromatic N) is 1. The maximum atomic E-state index is 3.39. The van der Waals surface area contributed by atoms with Crippen LogP contribution in [0.5, 0.6) is 0 Å². The Hall–Kier alpha value is -0.0800. The molecular formula is C11H24N2. The van der Waals surface area contributed by atoms with Crippen LogP contribution in [0.25, 0.3) is 0 Å². The molecule has 1 N–H and O–H groups in total. The van der Waals surface area contributed by atoms with Crippen LogP contribution in [0, 0.1) is 5.92 Å². The monoisotopic (exact) mass is 184 g/mol. The van der Waals surface area contributed by atoms with Crippen LogP contribution in [-0.2, 0) is 0 Å². The normalized spacial score (nSPS) is 30.7. The Balaban J connectivity index is 2.60. The second kappa shape index (κ2) is 4.43. The third-order valence-electron chi connectivity index (χ3n) is 3.22. The van der Waals surface area contributed by atoms with Gasteiger partial charge in [0.15, 0.2) is 0 Å². The largest absolute Gasteiger partial charge is 0.316 e. The van der Waals surface area contributed by atoms with Crippen molar-refractivity contribution in [2.45, 2.75) is 52.2 Å². The Labute approximate surface area is 82.7 Å². The summed E-state index contributed by atoms with van der Waals surface area (Å²) in [7, 11) is 2.08. The van der Waals surface area contributed by atoms with Gasteiger partial charge >= 0.3 is 0 Å². The smallest absolute Gasteiger partial charge is 0.0207 e. The van der Waals surface area contributed by atoms with Gasteiger partial charge in [0, 0.05) is 24.7 Å². The summed E-state index contributed by atoms with van der Waals surface area (Å²) < 4.78 is 0.